The predicted octanol–water partition coefficient (Wildman–Crippen LogP) is 2.20. The van der Waals surface area contributed by atoms with Crippen LogP contribution in [-0.4, -0.2) is 29.7 Å². The number of carbonyl (C=O) groups excluding carboxylic acids is 2. The molecule has 102 valence electrons. The monoisotopic (exact) mass is 260 g/mol. The van der Waals surface area contributed by atoms with Crippen molar-refractivity contribution in [3.05, 3.63) is 29.8 Å². The van der Waals surface area contributed by atoms with Crippen molar-refractivity contribution in [2.24, 2.45) is 0 Å². The molecule has 1 N–H and O–H groups in total. The second-order valence-electron chi connectivity index (χ2n) is 5.11. The topological polar surface area (TPSA) is 49.4 Å². The summed E-state index contributed by atoms with van der Waals surface area (Å²) in [5, 5.41) is 2.72. The molecule has 0 bridgehead atoms. The molecule has 1 amide bonds. The van der Waals surface area contributed by atoms with Gasteiger partial charge in [-0.3, -0.25) is 14.5 Å². The molecule has 2 rings (SSSR count). The van der Waals surface area contributed by atoms with Crippen LogP contribution in [0.1, 0.15) is 31.7 Å². The molecule has 1 aliphatic heterocycles. The maximum atomic E-state index is 11.4. The van der Waals surface area contributed by atoms with Crippen molar-refractivity contribution >= 4 is 17.4 Å². The molecule has 1 aromatic carbocycles. The molecule has 1 heterocycles. The van der Waals surface area contributed by atoms with Crippen LogP contribution in [0.3, 0.4) is 0 Å². The van der Waals surface area contributed by atoms with Crippen LogP contribution in [-0.2, 0) is 16.1 Å². The Morgan fingerprint density at radius 3 is 2.37 bits per heavy atom. The predicted molar refractivity (Wildman–Crippen MR) is 74.9 cm³/mol. The molecule has 0 saturated carbocycles. The van der Waals surface area contributed by atoms with E-state index in [1.165, 1.54) is 38.4 Å². The fourth-order valence-electron chi connectivity index (χ4n) is 2.32. The number of Topliss-reactive ketones (excluding diaryl/α,β-unsaturated/α-hetero) is 1. The van der Waals surface area contributed by atoms with E-state index in [0.29, 0.717) is 0 Å². The molecule has 4 nitrogen and oxygen atoms in total. The van der Waals surface area contributed by atoms with Gasteiger partial charge in [0.15, 0.2) is 0 Å². The second-order valence-corrected chi connectivity index (χ2v) is 5.11. The van der Waals surface area contributed by atoms with Gasteiger partial charge in [0.1, 0.15) is 5.78 Å². The lowest BCUT2D eigenvalue weighted by Crippen LogP contribution is -2.18. The third kappa shape index (κ3) is 4.48. The molecular formula is C15H20N2O2. The lowest BCUT2D eigenvalue weighted by Gasteiger charge is -2.14. The number of carbonyl (C=O) groups is 2. The van der Waals surface area contributed by atoms with Gasteiger partial charge in [-0.1, -0.05) is 12.1 Å². The SMILES string of the molecule is CC(=O)CC(=O)Nc1ccc(CN2CCCC2)cc1. The van der Waals surface area contributed by atoms with E-state index in [0.717, 1.165) is 12.2 Å². The first-order valence-electron chi connectivity index (χ1n) is 6.74. The molecule has 0 unspecified atom stereocenters. The van der Waals surface area contributed by atoms with Gasteiger partial charge in [0, 0.05) is 12.2 Å². The highest BCUT2D eigenvalue weighted by atomic mass is 16.2. The Bertz CT molecular complexity index is 448. The molecule has 0 radical (unpaired) electrons. The zero-order chi connectivity index (χ0) is 13.7. The highest BCUT2D eigenvalue weighted by molar-refractivity contribution is 6.03. The van der Waals surface area contributed by atoms with Gasteiger partial charge in [0.2, 0.25) is 5.91 Å². The van der Waals surface area contributed by atoms with Crippen molar-refractivity contribution in [3.63, 3.8) is 0 Å². The summed E-state index contributed by atoms with van der Waals surface area (Å²) < 4.78 is 0. The van der Waals surface area contributed by atoms with E-state index in [1.54, 1.807) is 0 Å². The third-order valence-corrected chi connectivity index (χ3v) is 3.25. The summed E-state index contributed by atoms with van der Waals surface area (Å²) in [4.78, 5) is 24.7. The Balaban J connectivity index is 1.87. The normalized spacial score (nSPS) is 15.4. The van der Waals surface area contributed by atoms with Gasteiger partial charge in [-0.05, 0) is 50.6 Å². The van der Waals surface area contributed by atoms with Gasteiger partial charge >= 0.3 is 0 Å². The van der Waals surface area contributed by atoms with E-state index < -0.39 is 0 Å². The van der Waals surface area contributed by atoms with Crippen LogP contribution in [0.25, 0.3) is 0 Å². The molecular weight excluding hydrogens is 240 g/mol. The van der Waals surface area contributed by atoms with Gasteiger partial charge in [-0.15, -0.1) is 0 Å². The molecule has 1 fully saturated rings. The number of ketones is 1. The van der Waals surface area contributed by atoms with Gasteiger partial charge in [0.05, 0.1) is 6.42 Å². The molecule has 1 aliphatic rings. The molecule has 0 aromatic heterocycles. The van der Waals surface area contributed by atoms with E-state index in [9.17, 15) is 9.59 Å². The summed E-state index contributed by atoms with van der Waals surface area (Å²) in [7, 11) is 0. The maximum Gasteiger partial charge on any atom is 0.231 e. The standard InChI is InChI=1S/C15H20N2O2/c1-12(18)10-15(19)16-14-6-4-13(5-7-14)11-17-8-2-3-9-17/h4-7H,2-3,8-11H2,1H3,(H,16,19). The van der Waals surface area contributed by atoms with Crippen LogP contribution in [0.5, 0.6) is 0 Å². The fourth-order valence-corrected chi connectivity index (χ4v) is 2.32. The van der Waals surface area contributed by atoms with Crippen molar-refractivity contribution in [2.75, 3.05) is 18.4 Å². The van der Waals surface area contributed by atoms with Crippen LogP contribution >= 0.6 is 0 Å². The lowest BCUT2D eigenvalue weighted by molar-refractivity contribution is -0.124. The first-order valence-corrected chi connectivity index (χ1v) is 6.74. The molecule has 0 spiro atoms. The average Bonchev–Trinajstić information content (AvgIpc) is 2.83. The van der Waals surface area contributed by atoms with E-state index in [1.807, 2.05) is 24.3 Å². The minimum atomic E-state index is -0.250. The van der Waals surface area contributed by atoms with Gasteiger partial charge in [0.25, 0.3) is 0 Å². The molecule has 19 heavy (non-hydrogen) atoms. The number of nitrogens with zero attached hydrogens (tertiary/aromatic N) is 1. The number of rotatable bonds is 5. The number of likely N-dealkylation sites (tertiary alicyclic amines) is 1. The number of hydrogen-bond donors (Lipinski definition) is 1. The number of amides is 1. The number of nitrogens with one attached hydrogen (secondary N) is 1. The Labute approximate surface area is 113 Å². The highest BCUT2D eigenvalue weighted by Crippen LogP contribution is 2.15. The van der Waals surface area contributed by atoms with Crippen LogP contribution in [0.4, 0.5) is 5.69 Å². The van der Waals surface area contributed by atoms with Crippen molar-refractivity contribution < 1.29 is 9.59 Å². The minimum absolute atomic E-state index is 0.0600. The third-order valence-electron chi connectivity index (χ3n) is 3.25. The van der Waals surface area contributed by atoms with Crippen molar-refractivity contribution in [1.82, 2.24) is 4.90 Å². The van der Waals surface area contributed by atoms with Gasteiger partial charge in [-0.2, -0.15) is 0 Å². The first kappa shape index (κ1) is 13.7. The Morgan fingerprint density at radius 2 is 1.79 bits per heavy atom. The average molecular weight is 260 g/mol. The van der Waals surface area contributed by atoms with Crippen LogP contribution in [0.15, 0.2) is 24.3 Å². The quantitative estimate of drug-likeness (QED) is 0.826. The summed E-state index contributed by atoms with van der Waals surface area (Å²) in [6.45, 7) is 4.74. The van der Waals surface area contributed by atoms with E-state index in [-0.39, 0.29) is 18.1 Å². The summed E-state index contributed by atoms with van der Waals surface area (Å²) in [5.74, 6) is -0.372. The Hall–Kier alpha value is -1.68. The molecule has 0 aliphatic carbocycles. The summed E-state index contributed by atoms with van der Waals surface area (Å²) in [6, 6.07) is 7.84. The lowest BCUT2D eigenvalue weighted by atomic mass is 10.2. The second kappa shape index (κ2) is 6.48. The highest BCUT2D eigenvalue weighted by Gasteiger charge is 2.11. The van der Waals surface area contributed by atoms with E-state index >= 15 is 0 Å². The van der Waals surface area contributed by atoms with Crippen LogP contribution < -0.4 is 5.32 Å². The summed E-state index contributed by atoms with van der Waals surface area (Å²) in [5.41, 5.74) is 2.00. The van der Waals surface area contributed by atoms with Gasteiger partial charge < -0.3 is 5.32 Å². The van der Waals surface area contributed by atoms with Crippen molar-refractivity contribution in [3.8, 4) is 0 Å². The first-order chi connectivity index (χ1) is 9.13. The van der Waals surface area contributed by atoms with E-state index in [2.05, 4.69) is 10.2 Å². The van der Waals surface area contributed by atoms with Crippen LogP contribution in [0, 0.1) is 0 Å². The zero-order valence-electron chi connectivity index (χ0n) is 11.3. The molecule has 4 heteroatoms. The van der Waals surface area contributed by atoms with E-state index in [4.69, 9.17) is 0 Å². The number of benzene rings is 1. The summed E-state index contributed by atoms with van der Waals surface area (Å²) >= 11 is 0. The summed E-state index contributed by atoms with van der Waals surface area (Å²) in [6.07, 6.45) is 2.52. The van der Waals surface area contributed by atoms with Crippen molar-refractivity contribution in [2.45, 2.75) is 32.7 Å². The van der Waals surface area contributed by atoms with Gasteiger partial charge in [-0.25, -0.2) is 0 Å². The fraction of sp³-hybridized carbons (Fsp3) is 0.467. The molecule has 0 atom stereocenters. The molecule has 1 saturated heterocycles. The minimum Gasteiger partial charge on any atom is -0.326 e. The largest absolute Gasteiger partial charge is 0.326 e. The zero-order valence-corrected chi connectivity index (χ0v) is 11.3. The maximum absolute atomic E-state index is 11.4. The Kier molecular flexibility index (Phi) is 4.68. The smallest absolute Gasteiger partial charge is 0.231 e. The van der Waals surface area contributed by atoms with Crippen molar-refractivity contribution in [1.29, 1.82) is 0 Å². The van der Waals surface area contributed by atoms with Crippen LogP contribution in [0.2, 0.25) is 0 Å². The molecule has 1 aromatic rings. The Morgan fingerprint density at radius 1 is 1.16 bits per heavy atom. The number of anilines is 1. The number of hydrogen-bond acceptors (Lipinski definition) is 3.